The highest BCUT2D eigenvalue weighted by molar-refractivity contribution is 5.97. The van der Waals surface area contributed by atoms with Crippen molar-refractivity contribution in [2.45, 2.75) is 19.0 Å². The molecule has 4 aromatic rings. The van der Waals surface area contributed by atoms with Gasteiger partial charge in [0, 0.05) is 12.1 Å². The standard InChI is InChI=1S/C24H21N5O3/c30-21(15-16-29-24(32)19-13-7-8-14-20(19)27-28-29)26-22(17-9-3-1-4-10-17)23(31)25-18-11-5-2-6-12-18/h1-14,22H,15-16H2,(H,25,31)(H,26,30). The summed E-state index contributed by atoms with van der Waals surface area (Å²) in [6.07, 6.45) is -0.0329. The molecule has 8 nitrogen and oxygen atoms in total. The van der Waals surface area contributed by atoms with E-state index in [1.54, 1.807) is 60.7 Å². The highest BCUT2D eigenvalue weighted by Crippen LogP contribution is 2.16. The van der Waals surface area contributed by atoms with Crippen molar-refractivity contribution in [3.8, 4) is 0 Å². The van der Waals surface area contributed by atoms with Crippen molar-refractivity contribution in [1.29, 1.82) is 0 Å². The second-order valence-electron chi connectivity index (χ2n) is 7.15. The van der Waals surface area contributed by atoms with Crippen LogP contribution in [0.2, 0.25) is 0 Å². The average Bonchev–Trinajstić information content (AvgIpc) is 2.83. The van der Waals surface area contributed by atoms with Crippen LogP contribution in [0.25, 0.3) is 10.9 Å². The van der Waals surface area contributed by atoms with Crippen LogP contribution in [0, 0.1) is 0 Å². The van der Waals surface area contributed by atoms with E-state index < -0.39 is 6.04 Å². The number of anilines is 1. The molecule has 0 aliphatic carbocycles. The molecule has 1 aromatic heterocycles. The summed E-state index contributed by atoms with van der Waals surface area (Å²) in [6.45, 7) is 0.0459. The lowest BCUT2D eigenvalue weighted by Crippen LogP contribution is -2.38. The SMILES string of the molecule is O=C(CCn1nnc2ccccc2c1=O)NC(C(=O)Nc1ccccc1)c1ccccc1. The van der Waals surface area contributed by atoms with E-state index in [1.807, 2.05) is 24.3 Å². The quantitative estimate of drug-likeness (QED) is 0.472. The Morgan fingerprint density at radius 2 is 1.53 bits per heavy atom. The van der Waals surface area contributed by atoms with Crippen LogP contribution in [0.3, 0.4) is 0 Å². The molecule has 0 saturated carbocycles. The number of rotatable bonds is 7. The van der Waals surface area contributed by atoms with Crippen LogP contribution >= 0.6 is 0 Å². The summed E-state index contributed by atoms with van der Waals surface area (Å²) in [6, 6.07) is 24.0. The molecule has 2 N–H and O–H groups in total. The molecular formula is C24H21N5O3. The molecule has 0 bridgehead atoms. The molecule has 1 heterocycles. The lowest BCUT2D eigenvalue weighted by molar-refractivity contribution is -0.126. The van der Waals surface area contributed by atoms with Gasteiger partial charge in [-0.25, -0.2) is 4.68 Å². The number of hydrogen-bond donors (Lipinski definition) is 2. The van der Waals surface area contributed by atoms with Crippen LogP contribution in [-0.4, -0.2) is 26.8 Å². The molecule has 1 unspecified atom stereocenters. The van der Waals surface area contributed by atoms with Gasteiger partial charge in [0.25, 0.3) is 11.5 Å². The Labute approximate surface area is 183 Å². The maximum atomic E-state index is 12.9. The van der Waals surface area contributed by atoms with Gasteiger partial charge >= 0.3 is 0 Å². The van der Waals surface area contributed by atoms with Crippen molar-refractivity contribution < 1.29 is 9.59 Å². The third-order valence-electron chi connectivity index (χ3n) is 4.92. The molecule has 3 aromatic carbocycles. The van der Waals surface area contributed by atoms with Gasteiger partial charge < -0.3 is 10.6 Å². The van der Waals surface area contributed by atoms with Crippen molar-refractivity contribution in [1.82, 2.24) is 20.3 Å². The number of nitrogens with one attached hydrogen (secondary N) is 2. The topological polar surface area (TPSA) is 106 Å². The largest absolute Gasteiger partial charge is 0.340 e. The summed E-state index contributed by atoms with van der Waals surface area (Å²) >= 11 is 0. The predicted octanol–water partition coefficient (Wildman–Crippen LogP) is 2.68. The maximum Gasteiger partial charge on any atom is 0.277 e. The smallest absolute Gasteiger partial charge is 0.277 e. The first-order valence-electron chi connectivity index (χ1n) is 10.1. The summed E-state index contributed by atoms with van der Waals surface area (Å²) in [7, 11) is 0. The monoisotopic (exact) mass is 427 g/mol. The summed E-state index contributed by atoms with van der Waals surface area (Å²) in [5.74, 6) is -0.748. The molecule has 4 rings (SSSR count). The third kappa shape index (κ3) is 4.86. The van der Waals surface area contributed by atoms with Crippen molar-refractivity contribution in [3.63, 3.8) is 0 Å². The van der Waals surface area contributed by atoms with Crippen molar-refractivity contribution in [2.24, 2.45) is 0 Å². The van der Waals surface area contributed by atoms with Crippen molar-refractivity contribution in [3.05, 3.63) is 101 Å². The van der Waals surface area contributed by atoms with E-state index in [4.69, 9.17) is 0 Å². The molecule has 160 valence electrons. The number of amides is 2. The summed E-state index contributed by atoms with van der Waals surface area (Å²) in [4.78, 5) is 38.2. The van der Waals surface area contributed by atoms with Gasteiger partial charge in [0.15, 0.2) is 0 Å². The first-order valence-corrected chi connectivity index (χ1v) is 10.1. The number of nitrogens with zero attached hydrogens (tertiary/aromatic N) is 3. The van der Waals surface area contributed by atoms with Crippen LogP contribution < -0.4 is 16.2 Å². The molecule has 0 saturated heterocycles. The fourth-order valence-electron chi connectivity index (χ4n) is 3.29. The molecule has 8 heteroatoms. The Kier molecular flexibility index (Phi) is 6.31. The Morgan fingerprint density at radius 1 is 0.875 bits per heavy atom. The molecule has 32 heavy (non-hydrogen) atoms. The van der Waals surface area contributed by atoms with Gasteiger partial charge in [-0.1, -0.05) is 65.9 Å². The van der Waals surface area contributed by atoms with E-state index in [2.05, 4.69) is 20.9 Å². The zero-order chi connectivity index (χ0) is 22.3. The minimum absolute atomic E-state index is 0.0329. The molecule has 0 spiro atoms. The lowest BCUT2D eigenvalue weighted by atomic mass is 10.1. The number of carbonyl (C=O) groups excluding carboxylic acids is 2. The predicted molar refractivity (Wildman–Crippen MR) is 121 cm³/mol. The second kappa shape index (κ2) is 9.65. The van der Waals surface area contributed by atoms with Gasteiger partial charge in [0.2, 0.25) is 5.91 Å². The Morgan fingerprint density at radius 3 is 2.28 bits per heavy atom. The normalized spacial score (nSPS) is 11.6. The number of aromatic nitrogens is 3. The molecule has 0 radical (unpaired) electrons. The van der Waals surface area contributed by atoms with Gasteiger partial charge in [0.05, 0.1) is 11.9 Å². The van der Waals surface area contributed by atoms with Crippen LogP contribution in [-0.2, 0) is 16.1 Å². The maximum absolute atomic E-state index is 12.9. The van der Waals surface area contributed by atoms with E-state index in [1.165, 1.54) is 0 Å². The van der Waals surface area contributed by atoms with E-state index in [0.29, 0.717) is 22.2 Å². The van der Waals surface area contributed by atoms with Gasteiger partial charge in [-0.2, -0.15) is 0 Å². The van der Waals surface area contributed by atoms with Crippen LogP contribution in [0.4, 0.5) is 5.69 Å². The molecule has 0 aliphatic heterocycles. The summed E-state index contributed by atoms with van der Waals surface area (Å²) < 4.78 is 1.16. The summed E-state index contributed by atoms with van der Waals surface area (Å²) in [5, 5.41) is 13.9. The average molecular weight is 427 g/mol. The van der Waals surface area contributed by atoms with Crippen molar-refractivity contribution >= 4 is 28.4 Å². The van der Waals surface area contributed by atoms with Gasteiger partial charge in [0.1, 0.15) is 11.6 Å². The third-order valence-corrected chi connectivity index (χ3v) is 4.92. The van der Waals surface area contributed by atoms with Gasteiger partial charge in [-0.15, -0.1) is 5.10 Å². The highest BCUT2D eigenvalue weighted by atomic mass is 16.2. The van der Waals surface area contributed by atoms with Gasteiger partial charge in [-0.05, 0) is 29.8 Å². The summed E-state index contributed by atoms with van der Waals surface area (Å²) in [5.41, 5.74) is 1.47. The van der Waals surface area contributed by atoms with Crippen LogP contribution in [0.15, 0.2) is 89.7 Å². The van der Waals surface area contributed by atoms with E-state index in [-0.39, 0.29) is 30.3 Å². The molecule has 2 amide bonds. The van der Waals surface area contributed by atoms with Gasteiger partial charge in [-0.3, -0.25) is 14.4 Å². The van der Waals surface area contributed by atoms with Crippen LogP contribution in [0.5, 0.6) is 0 Å². The van der Waals surface area contributed by atoms with E-state index in [9.17, 15) is 14.4 Å². The fourth-order valence-corrected chi connectivity index (χ4v) is 3.29. The molecule has 1 atom stereocenters. The van der Waals surface area contributed by atoms with E-state index in [0.717, 1.165) is 4.68 Å². The second-order valence-corrected chi connectivity index (χ2v) is 7.15. The zero-order valence-corrected chi connectivity index (χ0v) is 17.1. The van der Waals surface area contributed by atoms with Crippen LogP contribution in [0.1, 0.15) is 18.0 Å². The Hall–Kier alpha value is -4.33. The minimum atomic E-state index is -0.886. The first kappa shape index (κ1) is 20.9. The van der Waals surface area contributed by atoms with Crippen molar-refractivity contribution in [2.75, 3.05) is 5.32 Å². The number of hydrogen-bond acceptors (Lipinski definition) is 5. The molecule has 0 fully saturated rings. The number of carbonyl (C=O) groups is 2. The molecular weight excluding hydrogens is 406 g/mol. The molecule has 0 aliphatic rings. The Balaban J connectivity index is 1.47. The number of fused-ring (bicyclic) bond motifs is 1. The number of aryl methyl sites for hydroxylation is 1. The Bertz CT molecular complexity index is 1290. The minimum Gasteiger partial charge on any atom is -0.340 e. The van der Waals surface area contributed by atoms with E-state index >= 15 is 0 Å². The zero-order valence-electron chi connectivity index (χ0n) is 17.1. The fraction of sp³-hybridized carbons (Fsp3) is 0.125. The first-order chi connectivity index (χ1) is 15.6. The number of para-hydroxylation sites is 1. The lowest BCUT2D eigenvalue weighted by Gasteiger charge is -2.19. The number of benzene rings is 3. The highest BCUT2D eigenvalue weighted by Gasteiger charge is 2.23.